The highest BCUT2D eigenvalue weighted by atomic mass is 35.5. The summed E-state index contributed by atoms with van der Waals surface area (Å²) in [6.45, 7) is 3.96. The first-order valence-electron chi connectivity index (χ1n) is 4.75. The van der Waals surface area contributed by atoms with Crippen LogP contribution in [0.2, 0.25) is 5.02 Å². The van der Waals surface area contributed by atoms with E-state index in [-0.39, 0.29) is 0 Å². The van der Waals surface area contributed by atoms with E-state index in [1.807, 2.05) is 24.3 Å². The van der Waals surface area contributed by atoms with E-state index in [0.717, 1.165) is 10.6 Å². The fraction of sp³-hybridized carbons (Fsp3) is 0.455. The Morgan fingerprint density at radius 1 is 1.43 bits per heavy atom. The molecule has 0 aliphatic rings. The second-order valence-electron chi connectivity index (χ2n) is 3.45. The first-order chi connectivity index (χ1) is 6.74. The maximum Gasteiger partial charge on any atom is 0.0731 e. The zero-order valence-electron chi connectivity index (χ0n) is 8.37. The molecule has 2 nitrogen and oxygen atoms in total. The minimum absolute atomic E-state index is 0.400. The molecule has 1 unspecified atom stereocenters. The van der Waals surface area contributed by atoms with E-state index in [0.29, 0.717) is 25.7 Å². The molecule has 1 rings (SSSR count). The van der Waals surface area contributed by atoms with Crippen molar-refractivity contribution in [3.8, 4) is 0 Å². The Morgan fingerprint density at radius 3 is 2.79 bits per heavy atom. The summed E-state index contributed by atoms with van der Waals surface area (Å²) < 4.78 is 5.49. The monoisotopic (exact) mass is 213 g/mol. The predicted molar refractivity (Wildman–Crippen MR) is 59.3 cm³/mol. The van der Waals surface area contributed by atoms with Crippen molar-refractivity contribution in [2.24, 2.45) is 11.7 Å². The predicted octanol–water partition coefficient (Wildman–Crippen LogP) is 2.45. The van der Waals surface area contributed by atoms with Crippen molar-refractivity contribution in [3.05, 3.63) is 34.9 Å². The van der Waals surface area contributed by atoms with Gasteiger partial charge in [0.25, 0.3) is 0 Å². The Bertz CT molecular complexity index is 278. The van der Waals surface area contributed by atoms with Crippen LogP contribution in [0.1, 0.15) is 12.5 Å². The molecular formula is C11H16ClNO. The first kappa shape index (κ1) is 11.5. The number of ether oxygens (including phenoxy) is 1. The van der Waals surface area contributed by atoms with Crippen molar-refractivity contribution in [1.82, 2.24) is 0 Å². The standard InChI is InChI=1S/C11H16ClNO/c1-9(6-13)7-14-8-10-4-2-3-5-11(10)12/h2-5,9H,6-8,13H2,1H3. The van der Waals surface area contributed by atoms with Gasteiger partial charge >= 0.3 is 0 Å². The van der Waals surface area contributed by atoms with Crippen molar-refractivity contribution in [3.63, 3.8) is 0 Å². The Balaban J connectivity index is 2.35. The SMILES string of the molecule is CC(CN)COCc1ccccc1Cl. The molecule has 0 aliphatic heterocycles. The molecule has 0 saturated carbocycles. The second kappa shape index (κ2) is 6.02. The molecule has 1 aromatic rings. The van der Waals surface area contributed by atoms with Crippen molar-refractivity contribution in [2.75, 3.05) is 13.2 Å². The van der Waals surface area contributed by atoms with Gasteiger partial charge in [0.15, 0.2) is 0 Å². The maximum absolute atomic E-state index is 5.97. The molecular weight excluding hydrogens is 198 g/mol. The molecule has 0 heterocycles. The third kappa shape index (κ3) is 3.66. The van der Waals surface area contributed by atoms with Crippen molar-refractivity contribution in [1.29, 1.82) is 0 Å². The average molecular weight is 214 g/mol. The Morgan fingerprint density at radius 2 is 2.14 bits per heavy atom. The van der Waals surface area contributed by atoms with E-state index in [2.05, 4.69) is 6.92 Å². The molecule has 1 atom stereocenters. The van der Waals surface area contributed by atoms with Gasteiger partial charge in [0, 0.05) is 5.02 Å². The van der Waals surface area contributed by atoms with E-state index >= 15 is 0 Å². The van der Waals surface area contributed by atoms with Gasteiger partial charge in [0.1, 0.15) is 0 Å². The highest BCUT2D eigenvalue weighted by Gasteiger charge is 2.01. The third-order valence-electron chi connectivity index (χ3n) is 2.02. The number of rotatable bonds is 5. The van der Waals surface area contributed by atoms with Crippen LogP contribution < -0.4 is 5.73 Å². The fourth-order valence-corrected chi connectivity index (χ4v) is 1.24. The first-order valence-corrected chi connectivity index (χ1v) is 5.13. The van der Waals surface area contributed by atoms with Gasteiger partial charge < -0.3 is 10.5 Å². The average Bonchev–Trinajstić information content (AvgIpc) is 2.20. The summed E-state index contributed by atoms with van der Waals surface area (Å²) in [5, 5.41) is 0.757. The van der Waals surface area contributed by atoms with Crippen molar-refractivity contribution < 1.29 is 4.74 Å². The van der Waals surface area contributed by atoms with E-state index in [4.69, 9.17) is 22.1 Å². The Kier molecular flexibility index (Phi) is 4.94. The van der Waals surface area contributed by atoms with E-state index < -0.39 is 0 Å². The maximum atomic E-state index is 5.97. The summed E-state index contributed by atoms with van der Waals surface area (Å²) in [5.74, 6) is 0.400. The topological polar surface area (TPSA) is 35.2 Å². The zero-order valence-corrected chi connectivity index (χ0v) is 9.13. The molecule has 0 fully saturated rings. The molecule has 2 N–H and O–H groups in total. The van der Waals surface area contributed by atoms with Crippen LogP contribution in [0.3, 0.4) is 0 Å². The van der Waals surface area contributed by atoms with Crippen LogP contribution >= 0.6 is 11.6 Å². The summed E-state index contributed by atoms with van der Waals surface area (Å²) in [6, 6.07) is 7.70. The molecule has 0 aromatic heterocycles. The largest absolute Gasteiger partial charge is 0.376 e. The van der Waals surface area contributed by atoms with Gasteiger partial charge in [-0.25, -0.2) is 0 Å². The number of nitrogens with two attached hydrogens (primary N) is 1. The minimum atomic E-state index is 0.400. The van der Waals surface area contributed by atoms with Crippen LogP contribution in [0.5, 0.6) is 0 Å². The van der Waals surface area contributed by atoms with Crippen molar-refractivity contribution in [2.45, 2.75) is 13.5 Å². The highest BCUT2D eigenvalue weighted by molar-refractivity contribution is 6.31. The highest BCUT2D eigenvalue weighted by Crippen LogP contribution is 2.15. The third-order valence-corrected chi connectivity index (χ3v) is 2.39. The molecule has 0 aliphatic carbocycles. The quantitative estimate of drug-likeness (QED) is 0.816. The van der Waals surface area contributed by atoms with Gasteiger partial charge in [-0.1, -0.05) is 36.7 Å². The smallest absolute Gasteiger partial charge is 0.0731 e. The molecule has 14 heavy (non-hydrogen) atoms. The van der Waals surface area contributed by atoms with E-state index in [1.165, 1.54) is 0 Å². The van der Waals surface area contributed by atoms with Crippen LogP contribution in [-0.2, 0) is 11.3 Å². The summed E-state index contributed by atoms with van der Waals surface area (Å²) >= 11 is 5.97. The molecule has 78 valence electrons. The molecule has 0 spiro atoms. The molecule has 0 radical (unpaired) electrons. The molecule has 0 amide bonds. The van der Waals surface area contributed by atoms with Crippen LogP contribution in [0.25, 0.3) is 0 Å². The summed E-state index contributed by atoms with van der Waals surface area (Å²) in [7, 11) is 0. The van der Waals surface area contributed by atoms with Crippen molar-refractivity contribution >= 4 is 11.6 Å². The van der Waals surface area contributed by atoms with Crippen LogP contribution in [0.15, 0.2) is 24.3 Å². The van der Waals surface area contributed by atoms with Gasteiger partial charge in [-0.3, -0.25) is 0 Å². The Hall–Kier alpha value is -0.570. The minimum Gasteiger partial charge on any atom is -0.376 e. The number of halogens is 1. The lowest BCUT2D eigenvalue weighted by Gasteiger charge is -2.09. The summed E-state index contributed by atoms with van der Waals surface area (Å²) in [4.78, 5) is 0. The lowest BCUT2D eigenvalue weighted by molar-refractivity contribution is 0.0944. The van der Waals surface area contributed by atoms with E-state index in [1.54, 1.807) is 0 Å². The number of hydrogen-bond acceptors (Lipinski definition) is 2. The molecule has 3 heteroatoms. The van der Waals surface area contributed by atoms with Crippen LogP contribution in [-0.4, -0.2) is 13.2 Å². The van der Waals surface area contributed by atoms with Gasteiger partial charge in [-0.15, -0.1) is 0 Å². The zero-order chi connectivity index (χ0) is 10.4. The normalized spacial score (nSPS) is 12.8. The van der Waals surface area contributed by atoms with Crippen LogP contribution in [0, 0.1) is 5.92 Å². The summed E-state index contributed by atoms with van der Waals surface area (Å²) in [6.07, 6.45) is 0. The molecule has 1 aromatic carbocycles. The lowest BCUT2D eigenvalue weighted by Crippen LogP contribution is -2.16. The molecule has 0 saturated heterocycles. The number of hydrogen-bond donors (Lipinski definition) is 1. The van der Waals surface area contributed by atoms with Gasteiger partial charge in [-0.05, 0) is 24.1 Å². The Labute approximate surface area is 90.0 Å². The van der Waals surface area contributed by atoms with Crippen LogP contribution in [0.4, 0.5) is 0 Å². The number of benzene rings is 1. The van der Waals surface area contributed by atoms with Gasteiger partial charge in [0.05, 0.1) is 13.2 Å². The lowest BCUT2D eigenvalue weighted by atomic mass is 10.2. The van der Waals surface area contributed by atoms with Gasteiger partial charge in [-0.2, -0.15) is 0 Å². The van der Waals surface area contributed by atoms with E-state index in [9.17, 15) is 0 Å². The van der Waals surface area contributed by atoms with Gasteiger partial charge in [0.2, 0.25) is 0 Å². The second-order valence-corrected chi connectivity index (χ2v) is 3.85. The molecule has 0 bridgehead atoms. The fourth-order valence-electron chi connectivity index (χ4n) is 1.05. The summed E-state index contributed by atoms with van der Waals surface area (Å²) in [5.41, 5.74) is 6.50.